The molecule has 0 saturated carbocycles. The van der Waals surface area contributed by atoms with E-state index in [0.717, 1.165) is 11.1 Å². The number of carbonyl (C=O) groups is 1. The average Bonchev–Trinajstić information content (AvgIpc) is 3.20. The van der Waals surface area contributed by atoms with Crippen molar-refractivity contribution < 1.29 is 18.7 Å². The van der Waals surface area contributed by atoms with Crippen LogP contribution in [0.3, 0.4) is 0 Å². The molecule has 178 valence electrons. The summed E-state index contributed by atoms with van der Waals surface area (Å²) in [5.74, 6) is 1.05. The largest absolute Gasteiger partial charge is 0.493 e. The highest BCUT2D eigenvalue weighted by Gasteiger charge is 2.35. The number of carbonyl (C=O) groups excluding carboxylic acids is 1. The normalized spacial score (nSPS) is 14.9. The SMILES string of the molecule is CCOc1c(OC)cccc1[C@H]1CC(=O)Nc2c1c(C)nn2-c1nncc(-c2ccc(F)cc2)n1. The highest BCUT2D eigenvalue weighted by molar-refractivity contribution is 5.95. The van der Waals surface area contributed by atoms with Gasteiger partial charge in [-0.25, -0.2) is 9.37 Å². The standard InChI is InChI=1S/C25H23FN6O3/c1-4-35-23-17(6-5-7-20(23)34-3)18-12-21(33)29-24-22(18)14(2)31-32(24)25-28-19(13-27-30-25)15-8-10-16(26)11-9-15/h5-11,13,18H,4,12H2,1-3H3,(H,29,33)/t18-/m1/s1. The number of nitrogens with one attached hydrogen (secondary N) is 1. The summed E-state index contributed by atoms with van der Waals surface area (Å²) < 4.78 is 26.3. The first-order valence-electron chi connectivity index (χ1n) is 11.1. The number of benzene rings is 2. The van der Waals surface area contributed by atoms with Crippen molar-refractivity contribution >= 4 is 11.7 Å². The third kappa shape index (κ3) is 4.07. The number of anilines is 1. The molecule has 1 aliphatic heterocycles. The van der Waals surface area contributed by atoms with Crippen LogP contribution in [-0.4, -0.2) is 44.6 Å². The minimum absolute atomic E-state index is 0.170. The molecular formula is C25H23FN6O3. The zero-order chi connectivity index (χ0) is 24.5. The third-order valence-corrected chi connectivity index (χ3v) is 5.87. The summed E-state index contributed by atoms with van der Waals surface area (Å²) in [5.41, 5.74) is 3.58. The Morgan fingerprint density at radius 3 is 2.74 bits per heavy atom. The molecule has 4 aromatic rings. The van der Waals surface area contributed by atoms with E-state index < -0.39 is 0 Å². The van der Waals surface area contributed by atoms with Crippen molar-refractivity contribution in [3.05, 3.63) is 71.3 Å². The number of fused-ring (bicyclic) bond motifs is 1. The molecule has 1 aliphatic rings. The van der Waals surface area contributed by atoms with Crippen molar-refractivity contribution in [3.8, 4) is 28.7 Å². The number of aromatic nitrogens is 5. The molecule has 0 bridgehead atoms. The lowest BCUT2D eigenvalue weighted by Crippen LogP contribution is -2.25. The minimum Gasteiger partial charge on any atom is -0.493 e. The summed E-state index contributed by atoms with van der Waals surface area (Å²) in [5, 5.41) is 15.8. The van der Waals surface area contributed by atoms with Crippen molar-refractivity contribution in [3.63, 3.8) is 0 Å². The molecule has 0 radical (unpaired) electrons. The topological polar surface area (TPSA) is 104 Å². The number of hydrogen-bond acceptors (Lipinski definition) is 7. The molecule has 3 heterocycles. The molecule has 2 aromatic heterocycles. The Hall–Kier alpha value is -4.34. The van der Waals surface area contributed by atoms with Crippen LogP contribution in [0, 0.1) is 12.7 Å². The molecule has 10 heteroatoms. The van der Waals surface area contributed by atoms with E-state index in [1.165, 1.54) is 23.0 Å². The molecule has 5 rings (SSSR count). The molecule has 35 heavy (non-hydrogen) atoms. The van der Waals surface area contributed by atoms with Crippen LogP contribution in [0.4, 0.5) is 10.2 Å². The Balaban J connectivity index is 1.63. The minimum atomic E-state index is -0.342. The number of halogens is 1. The number of nitrogens with zero attached hydrogens (tertiary/aromatic N) is 5. The second kappa shape index (κ2) is 9.13. The number of methoxy groups -OCH3 is 1. The maximum Gasteiger partial charge on any atom is 0.272 e. The van der Waals surface area contributed by atoms with Crippen molar-refractivity contribution in [2.45, 2.75) is 26.2 Å². The van der Waals surface area contributed by atoms with Gasteiger partial charge in [0, 0.05) is 29.0 Å². The lowest BCUT2D eigenvalue weighted by atomic mass is 9.85. The van der Waals surface area contributed by atoms with Crippen LogP contribution in [0.25, 0.3) is 17.2 Å². The van der Waals surface area contributed by atoms with E-state index in [9.17, 15) is 9.18 Å². The highest BCUT2D eigenvalue weighted by atomic mass is 19.1. The summed E-state index contributed by atoms with van der Waals surface area (Å²) >= 11 is 0. The van der Waals surface area contributed by atoms with Crippen molar-refractivity contribution in [2.75, 3.05) is 19.0 Å². The lowest BCUT2D eigenvalue weighted by molar-refractivity contribution is -0.116. The van der Waals surface area contributed by atoms with E-state index in [0.29, 0.717) is 40.9 Å². The van der Waals surface area contributed by atoms with Gasteiger partial charge in [-0.1, -0.05) is 12.1 Å². The van der Waals surface area contributed by atoms with E-state index >= 15 is 0 Å². The van der Waals surface area contributed by atoms with Crippen molar-refractivity contribution in [1.29, 1.82) is 0 Å². The second-order valence-electron chi connectivity index (χ2n) is 8.02. The van der Waals surface area contributed by atoms with Gasteiger partial charge in [0.05, 0.1) is 31.3 Å². The van der Waals surface area contributed by atoms with Crippen LogP contribution in [0.2, 0.25) is 0 Å². The quantitative estimate of drug-likeness (QED) is 0.450. The zero-order valence-electron chi connectivity index (χ0n) is 19.4. The predicted molar refractivity (Wildman–Crippen MR) is 126 cm³/mol. The van der Waals surface area contributed by atoms with Crippen LogP contribution in [0.15, 0.2) is 48.7 Å². The van der Waals surface area contributed by atoms with Gasteiger partial charge in [-0.05, 0) is 44.2 Å². The van der Waals surface area contributed by atoms with E-state index in [-0.39, 0.29) is 30.0 Å². The van der Waals surface area contributed by atoms with Gasteiger partial charge < -0.3 is 14.8 Å². The number of para-hydroxylation sites is 1. The molecule has 0 saturated heterocycles. The van der Waals surface area contributed by atoms with Gasteiger partial charge in [0.1, 0.15) is 11.6 Å². The third-order valence-electron chi connectivity index (χ3n) is 5.87. The first-order chi connectivity index (χ1) is 17.0. The smallest absolute Gasteiger partial charge is 0.272 e. The first kappa shape index (κ1) is 22.5. The Labute approximate surface area is 200 Å². The summed E-state index contributed by atoms with van der Waals surface area (Å²) in [4.78, 5) is 17.4. The van der Waals surface area contributed by atoms with Crippen LogP contribution in [0.5, 0.6) is 11.5 Å². The lowest BCUT2D eigenvalue weighted by Gasteiger charge is -2.26. The number of amides is 1. The Morgan fingerprint density at radius 2 is 2.00 bits per heavy atom. The fraction of sp³-hybridized carbons (Fsp3) is 0.240. The van der Waals surface area contributed by atoms with Crippen LogP contribution >= 0.6 is 0 Å². The fourth-order valence-electron chi connectivity index (χ4n) is 4.37. The summed E-state index contributed by atoms with van der Waals surface area (Å²) in [6.07, 6.45) is 1.72. The van der Waals surface area contributed by atoms with Crippen LogP contribution in [-0.2, 0) is 4.79 Å². The summed E-state index contributed by atoms with van der Waals surface area (Å²) in [6, 6.07) is 11.6. The average molecular weight is 474 g/mol. The van der Waals surface area contributed by atoms with Gasteiger partial charge in [-0.2, -0.15) is 14.9 Å². The monoisotopic (exact) mass is 474 g/mol. The van der Waals surface area contributed by atoms with Gasteiger partial charge in [0.2, 0.25) is 5.91 Å². The molecule has 0 fully saturated rings. The maximum atomic E-state index is 13.4. The van der Waals surface area contributed by atoms with Crippen LogP contribution in [0.1, 0.15) is 36.1 Å². The van der Waals surface area contributed by atoms with Gasteiger partial charge >= 0.3 is 0 Å². The molecule has 1 amide bonds. The van der Waals surface area contributed by atoms with Gasteiger partial charge in [-0.15, -0.1) is 5.10 Å². The van der Waals surface area contributed by atoms with Crippen molar-refractivity contribution in [1.82, 2.24) is 25.0 Å². The number of aryl methyl sites for hydroxylation is 1. The van der Waals surface area contributed by atoms with Crippen LogP contribution < -0.4 is 14.8 Å². The van der Waals surface area contributed by atoms with Gasteiger partial charge in [-0.3, -0.25) is 4.79 Å². The van der Waals surface area contributed by atoms with Crippen molar-refractivity contribution in [2.24, 2.45) is 0 Å². The number of rotatable bonds is 6. The zero-order valence-corrected chi connectivity index (χ0v) is 19.4. The predicted octanol–water partition coefficient (Wildman–Crippen LogP) is 4.05. The molecule has 0 spiro atoms. The molecule has 2 aromatic carbocycles. The molecule has 1 N–H and O–H groups in total. The molecule has 0 unspecified atom stereocenters. The van der Waals surface area contributed by atoms with Gasteiger partial charge in [0.15, 0.2) is 11.5 Å². The first-order valence-corrected chi connectivity index (χ1v) is 11.1. The van der Waals surface area contributed by atoms with Gasteiger partial charge in [0.25, 0.3) is 5.95 Å². The Bertz CT molecular complexity index is 1400. The van der Waals surface area contributed by atoms with E-state index in [4.69, 9.17) is 9.47 Å². The summed E-state index contributed by atoms with van der Waals surface area (Å²) in [6.45, 7) is 4.22. The highest BCUT2D eigenvalue weighted by Crippen LogP contribution is 2.45. The Morgan fingerprint density at radius 1 is 1.20 bits per heavy atom. The molecule has 9 nitrogen and oxygen atoms in total. The molecular weight excluding hydrogens is 451 g/mol. The maximum absolute atomic E-state index is 13.4. The van der Waals surface area contributed by atoms with E-state index in [1.54, 1.807) is 19.2 Å². The Kier molecular flexibility index (Phi) is 5.86. The van der Waals surface area contributed by atoms with E-state index in [1.807, 2.05) is 32.0 Å². The summed E-state index contributed by atoms with van der Waals surface area (Å²) in [7, 11) is 1.59. The number of ether oxygens (including phenoxy) is 2. The fourth-order valence-corrected chi connectivity index (χ4v) is 4.37. The molecule has 0 aliphatic carbocycles. The number of hydrogen-bond donors (Lipinski definition) is 1. The second-order valence-corrected chi connectivity index (χ2v) is 8.02. The molecule has 1 atom stereocenters. The van der Waals surface area contributed by atoms with E-state index in [2.05, 4.69) is 25.6 Å².